The first-order valence-electron chi connectivity index (χ1n) is 9.68. The maximum Gasteiger partial charge on any atom is 0.344 e. The Kier molecular flexibility index (Phi) is 5.80. The van der Waals surface area contributed by atoms with Gasteiger partial charge in [-0.2, -0.15) is 0 Å². The van der Waals surface area contributed by atoms with E-state index in [4.69, 9.17) is 23.4 Å². The van der Waals surface area contributed by atoms with E-state index >= 15 is 0 Å². The van der Waals surface area contributed by atoms with Crippen molar-refractivity contribution in [3.63, 3.8) is 0 Å². The summed E-state index contributed by atoms with van der Waals surface area (Å²) in [4.78, 5) is 12.9. The topological polar surface area (TPSA) is 67.1 Å². The fourth-order valence-corrected chi connectivity index (χ4v) is 3.34. The Morgan fingerprint density at radius 1 is 0.742 bits per heavy atom. The van der Waals surface area contributed by atoms with Crippen molar-refractivity contribution >= 4 is 11.0 Å². The molecule has 0 atom stereocenters. The van der Waals surface area contributed by atoms with Gasteiger partial charge in [0.15, 0.2) is 0 Å². The van der Waals surface area contributed by atoms with Crippen LogP contribution in [0.2, 0.25) is 0 Å². The summed E-state index contributed by atoms with van der Waals surface area (Å²) >= 11 is 0. The van der Waals surface area contributed by atoms with Crippen molar-refractivity contribution in [3.8, 4) is 34.1 Å². The normalized spacial score (nSPS) is 10.7. The second-order valence-corrected chi connectivity index (χ2v) is 6.83. The van der Waals surface area contributed by atoms with Crippen LogP contribution in [0.3, 0.4) is 0 Å². The fourth-order valence-electron chi connectivity index (χ4n) is 3.34. The lowest BCUT2D eigenvalue weighted by molar-refractivity contribution is 0.305. The van der Waals surface area contributed by atoms with Crippen molar-refractivity contribution in [2.24, 2.45) is 0 Å². The SMILES string of the molecule is COc1ccc(-c2cc3c(OC)cc(OC)cc3oc2=O)c(OCc2ccccc2)c1. The molecular weight excluding hydrogens is 396 g/mol. The van der Waals surface area contributed by atoms with Gasteiger partial charge in [-0.1, -0.05) is 30.3 Å². The van der Waals surface area contributed by atoms with E-state index in [1.807, 2.05) is 30.3 Å². The number of rotatable bonds is 7. The Hall–Kier alpha value is -3.93. The average Bonchev–Trinajstić information content (AvgIpc) is 2.82. The lowest BCUT2D eigenvalue weighted by Crippen LogP contribution is -2.06. The molecule has 0 fully saturated rings. The first-order valence-corrected chi connectivity index (χ1v) is 9.68. The van der Waals surface area contributed by atoms with Gasteiger partial charge in [0.2, 0.25) is 0 Å². The second-order valence-electron chi connectivity index (χ2n) is 6.83. The first-order chi connectivity index (χ1) is 15.1. The predicted molar refractivity (Wildman–Crippen MR) is 118 cm³/mol. The Balaban J connectivity index is 1.82. The number of ether oxygens (including phenoxy) is 4. The van der Waals surface area contributed by atoms with E-state index in [9.17, 15) is 4.79 Å². The minimum atomic E-state index is -0.488. The molecule has 0 saturated heterocycles. The van der Waals surface area contributed by atoms with Gasteiger partial charge >= 0.3 is 5.63 Å². The van der Waals surface area contributed by atoms with Crippen LogP contribution in [-0.4, -0.2) is 21.3 Å². The number of hydrogen-bond donors (Lipinski definition) is 0. The van der Waals surface area contributed by atoms with Gasteiger partial charge in [-0.15, -0.1) is 0 Å². The van der Waals surface area contributed by atoms with Crippen LogP contribution in [0.4, 0.5) is 0 Å². The largest absolute Gasteiger partial charge is 0.497 e. The smallest absolute Gasteiger partial charge is 0.344 e. The molecule has 0 aliphatic heterocycles. The highest BCUT2D eigenvalue weighted by molar-refractivity contribution is 5.89. The van der Waals surface area contributed by atoms with Crippen LogP contribution < -0.4 is 24.6 Å². The molecule has 1 heterocycles. The molecule has 0 radical (unpaired) electrons. The summed E-state index contributed by atoms with van der Waals surface area (Å²) in [6.07, 6.45) is 0. The standard InChI is InChI=1S/C25H22O6/c1-27-17-9-10-19(23(11-17)30-15-16-7-5-4-6-8-16)20-14-21-22(29-3)12-18(28-2)13-24(21)31-25(20)26/h4-14H,15H2,1-3H3. The summed E-state index contributed by atoms with van der Waals surface area (Å²) in [5.74, 6) is 2.22. The summed E-state index contributed by atoms with van der Waals surface area (Å²) in [5, 5.41) is 0.655. The summed E-state index contributed by atoms with van der Waals surface area (Å²) in [6, 6.07) is 20.3. The predicted octanol–water partition coefficient (Wildman–Crippen LogP) is 5.06. The van der Waals surface area contributed by atoms with E-state index in [0.717, 1.165) is 5.56 Å². The average molecular weight is 418 g/mol. The van der Waals surface area contributed by atoms with Gasteiger partial charge in [0, 0.05) is 23.8 Å². The lowest BCUT2D eigenvalue weighted by Gasteiger charge is -2.14. The van der Waals surface area contributed by atoms with E-state index in [-0.39, 0.29) is 0 Å². The summed E-state index contributed by atoms with van der Waals surface area (Å²) < 4.78 is 27.8. The highest BCUT2D eigenvalue weighted by Gasteiger charge is 2.17. The van der Waals surface area contributed by atoms with Gasteiger partial charge in [0.25, 0.3) is 0 Å². The van der Waals surface area contributed by atoms with Crippen molar-refractivity contribution in [2.45, 2.75) is 6.61 Å². The Bertz CT molecular complexity index is 1260. The zero-order chi connectivity index (χ0) is 21.8. The maximum atomic E-state index is 12.9. The van der Waals surface area contributed by atoms with Gasteiger partial charge < -0.3 is 23.4 Å². The van der Waals surface area contributed by atoms with E-state index in [0.29, 0.717) is 51.7 Å². The zero-order valence-corrected chi connectivity index (χ0v) is 17.5. The molecule has 1 aromatic heterocycles. The van der Waals surface area contributed by atoms with Crippen molar-refractivity contribution in [1.29, 1.82) is 0 Å². The van der Waals surface area contributed by atoms with Crippen LogP contribution in [0.5, 0.6) is 23.0 Å². The number of methoxy groups -OCH3 is 3. The van der Waals surface area contributed by atoms with Crippen molar-refractivity contribution in [3.05, 3.63) is 82.7 Å². The third-order valence-electron chi connectivity index (χ3n) is 4.96. The molecule has 0 bridgehead atoms. The Labute approximate surface area is 179 Å². The number of benzene rings is 3. The van der Waals surface area contributed by atoms with Crippen LogP contribution in [0.25, 0.3) is 22.1 Å². The minimum absolute atomic E-state index is 0.348. The molecule has 0 saturated carbocycles. The zero-order valence-electron chi connectivity index (χ0n) is 17.5. The quantitative estimate of drug-likeness (QED) is 0.391. The third-order valence-corrected chi connectivity index (χ3v) is 4.96. The van der Waals surface area contributed by atoms with E-state index < -0.39 is 5.63 Å². The first kappa shape index (κ1) is 20.3. The molecule has 6 heteroatoms. The molecule has 31 heavy (non-hydrogen) atoms. The molecule has 0 aliphatic carbocycles. The van der Waals surface area contributed by atoms with Gasteiger partial charge in [0.1, 0.15) is 35.2 Å². The van der Waals surface area contributed by atoms with Gasteiger partial charge in [-0.25, -0.2) is 4.79 Å². The summed E-state index contributed by atoms with van der Waals surface area (Å²) in [5.41, 5.74) is 1.87. The highest BCUT2D eigenvalue weighted by Crippen LogP contribution is 2.36. The molecule has 0 amide bonds. The molecule has 0 spiro atoms. The van der Waals surface area contributed by atoms with Crippen molar-refractivity contribution in [2.75, 3.05) is 21.3 Å². The summed E-state index contributed by atoms with van der Waals surface area (Å²) in [7, 11) is 4.68. The fraction of sp³-hybridized carbons (Fsp3) is 0.160. The van der Waals surface area contributed by atoms with Gasteiger partial charge in [-0.3, -0.25) is 0 Å². The maximum absolute atomic E-state index is 12.9. The molecule has 4 rings (SSSR count). The van der Waals surface area contributed by atoms with E-state index in [1.165, 1.54) is 0 Å². The molecule has 6 nitrogen and oxygen atoms in total. The van der Waals surface area contributed by atoms with Gasteiger partial charge in [0.05, 0.1) is 32.3 Å². The van der Waals surface area contributed by atoms with E-state index in [1.54, 1.807) is 57.7 Å². The minimum Gasteiger partial charge on any atom is -0.497 e. The van der Waals surface area contributed by atoms with Crippen LogP contribution in [0.15, 0.2) is 75.9 Å². The van der Waals surface area contributed by atoms with Crippen molar-refractivity contribution in [1.82, 2.24) is 0 Å². The number of hydrogen-bond acceptors (Lipinski definition) is 6. The van der Waals surface area contributed by atoms with Crippen LogP contribution in [0, 0.1) is 0 Å². The molecule has 0 N–H and O–H groups in total. The van der Waals surface area contributed by atoms with E-state index in [2.05, 4.69) is 0 Å². The monoisotopic (exact) mass is 418 g/mol. The molecule has 158 valence electrons. The Morgan fingerprint density at radius 2 is 1.48 bits per heavy atom. The third kappa shape index (κ3) is 4.19. The second kappa shape index (κ2) is 8.83. The summed E-state index contributed by atoms with van der Waals surface area (Å²) in [6.45, 7) is 0.348. The molecule has 3 aromatic carbocycles. The van der Waals surface area contributed by atoms with Crippen LogP contribution >= 0.6 is 0 Å². The number of fused-ring (bicyclic) bond motifs is 1. The highest BCUT2D eigenvalue weighted by atomic mass is 16.5. The Morgan fingerprint density at radius 3 is 2.19 bits per heavy atom. The molecular formula is C25H22O6. The molecule has 4 aromatic rings. The van der Waals surface area contributed by atoms with Crippen LogP contribution in [-0.2, 0) is 6.61 Å². The lowest BCUT2D eigenvalue weighted by atomic mass is 10.0. The molecule has 0 aliphatic rings. The van der Waals surface area contributed by atoms with Crippen molar-refractivity contribution < 1.29 is 23.4 Å². The van der Waals surface area contributed by atoms with Crippen LogP contribution in [0.1, 0.15) is 5.56 Å². The van der Waals surface area contributed by atoms with Gasteiger partial charge in [-0.05, 0) is 23.8 Å². The molecule has 0 unspecified atom stereocenters.